The highest BCUT2D eigenvalue weighted by Crippen LogP contribution is 2.38. The SMILES string of the molecule is CCCNc1cc(NC2CCCC2(C)C)ncn1. The zero-order valence-electron chi connectivity index (χ0n) is 11.7. The number of hydrogen-bond acceptors (Lipinski definition) is 4. The second-order valence-corrected chi connectivity index (χ2v) is 5.79. The minimum atomic E-state index is 0.363. The molecule has 1 aromatic heterocycles. The fourth-order valence-electron chi connectivity index (χ4n) is 2.56. The molecule has 4 nitrogen and oxygen atoms in total. The Morgan fingerprint density at radius 1 is 1.33 bits per heavy atom. The smallest absolute Gasteiger partial charge is 0.131 e. The lowest BCUT2D eigenvalue weighted by atomic mass is 9.87. The van der Waals surface area contributed by atoms with Gasteiger partial charge in [-0.05, 0) is 24.7 Å². The molecule has 1 aliphatic rings. The third-order valence-corrected chi connectivity index (χ3v) is 3.80. The first-order valence-corrected chi connectivity index (χ1v) is 6.94. The van der Waals surface area contributed by atoms with Crippen LogP contribution in [-0.2, 0) is 0 Å². The van der Waals surface area contributed by atoms with E-state index in [9.17, 15) is 0 Å². The molecule has 1 saturated carbocycles. The molecule has 0 saturated heterocycles. The van der Waals surface area contributed by atoms with E-state index in [1.54, 1.807) is 6.33 Å². The van der Waals surface area contributed by atoms with Gasteiger partial charge < -0.3 is 10.6 Å². The van der Waals surface area contributed by atoms with Crippen LogP contribution in [0.1, 0.15) is 46.5 Å². The van der Waals surface area contributed by atoms with Gasteiger partial charge >= 0.3 is 0 Å². The topological polar surface area (TPSA) is 49.8 Å². The molecular formula is C14H24N4. The highest BCUT2D eigenvalue weighted by molar-refractivity contribution is 5.47. The van der Waals surface area contributed by atoms with Crippen molar-refractivity contribution in [1.82, 2.24) is 9.97 Å². The molecule has 100 valence electrons. The van der Waals surface area contributed by atoms with Crippen molar-refractivity contribution < 1.29 is 0 Å². The summed E-state index contributed by atoms with van der Waals surface area (Å²) in [5, 5.41) is 6.85. The van der Waals surface area contributed by atoms with Crippen LogP contribution >= 0.6 is 0 Å². The third kappa shape index (κ3) is 3.12. The number of nitrogens with zero attached hydrogens (tertiary/aromatic N) is 2. The Kier molecular flexibility index (Phi) is 4.04. The largest absolute Gasteiger partial charge is 0.370 e. The number of anilines is 2. The molecule has 1 atom stereocenters. The zero-order valence-corrected chi connectivity index (χ0v) is 11.7. The van der Waals surface area contributed by atoms with Crippen molar-refractivity contribution in [2.45, 2.75) is 52.5 Å². The Bertz CT molecular complexity index is 389. The van der Waals surface area contributed by atoms with Gasteiger partial charge in [0, 0.05) is 18.7 Å². The van der Waals surface area contributed by atoms with Crippen LogP contribution in [0, 0.1) is 5.41 Å². The summed E-state index contributed by atoms with van der Waals surface area (Å²) >= 11 is 0. The van der Waals surface area contributed by atoms with Crippen molar-refractivity contribution in [2.75, 3.05) is 17.2 Å². The van der Waals surface area contributed by atoms with Gasteiger partial charge in [0.1, 0.15) is 18.0 Å². The van der Waals surface area contributed by atoms with Crippen molar-refractivity contribution in [1.29, 1.82) is 0 Å². The monoisotopic (exact) mass is 248 g/mol. The van der Waals surface area contributed by atoms with Crippen molar-refractivity contribution in [2.24, 2.45) is 5.41 Å². The highest BCUT2D eigenvalue weighted by Gasteiger charge is 2.34. The molecule has 0 amide bonds. The van der Waals surface area contributed by atoms with E-state index in [1.165, 1.54) is 19.3 Å². The van der Waals surface area contributed by atoms with Gasteiger partial charge in [-0.25, -0.2) is 9.97 Å². The molecule has 0 radical (unpaired) electrons. The maximum absolute atomic E-state index is 4.31. The van der Waals surface area contributed by atoms with E-state index in [0.29, 0.717) is 11.5 Å². The second-order valence-electron chi connectivity index (χ2n) is 5.79. The molecule has 2 N–H and O–H groups in total. The first kappa shape index (κ1) is 13.1. The van der Waals surface area contributed by atoms with Crippen LogP contribution in [0.3, 0.4) is 0 Å². The van der Waals surface area contributed by atoms with Crippen LogP contribution in [0.25, 0.3) is 0 Å². The molecule has 1 heterocycles. The second kappa shape index (κ2) is 5.55. The minimum absolute atomic E-state index is 0.363. The maximum Gasteiger partial charge on any atom is 0.131 e. The quantitative estimate of drug-likeness (QED) is 0.839. The standard InChI is InChI=1S/C14H24N4/c1-4-8-15-12-9-13(17-10-16-12)18-11-6-5-7-14(11,2)3/h9-11H,4-8H2,1-3H3,(H2,15,16,17,18). The predicted molar refractivity (Wildman–Crippen MR) is 75.9 cm³/mol. The zero-order chi connectivity index (χ0) is 13.0. The van der Waals surface area contributed by atoms with Gasteiger partial charge in [0.05, 0.1) is 0 Å². The molecule has 0 spiro atoms. The molecule has 2 rings (SSSR count). The summed E-state index contributed by atoms with van der Waals surface area (Å²) in [5.74, 6) is 1.84. The Labute approximate surface area is 110 Å². The van der Waals surface area contributed by atoms with E-state index in [1.807, 2.05) is 6.07 Å². The third-order valence-electron chi connectivity index (χ3n) is 3.80. The van der Waals surface area contributed by atoms with Crippen LogP contribution < -0.4 is 10.6 Å². The van der Waals surface area contributed by atoms with E-state index >= 15 is 0 Å². The van der Waals surface area contributed by atoms with E-state index < -0.39 is 0 Å². The summed E-state index contributed by atoms with van der Waals surface area (Å²) in [4.78, 5) is 8.54. The summed E-state index contributed by atoms with van der Waals surface area (Å²) in [7, 11) is 0. The number of nitrogens with one attached hydrogen (secondary N) is 2. The number of hydrogen-bond donors (Lipinski definition) is 2. The molecule has 4 heteroatoms. The van der Waals surface area contributed by atoms with Gasteiger partial charge in [0.25, 0.3) is 0 Å². The summed E-state index contributed by atoms with van der Waals surface area (Å²) in [6.07, 6.45) is 6.55. The van der Waals surface area contributed by atoms with E-state index in [0.717, 1.165) is 24.6 Å². The molecule has 1 unspecified atom stereocenters. The van der Waals surface area contributed by atoms with Gasteiger partial charge in [-0.15, -0.1) is 0 Å². The van der Waals surface area contributed by atoms with Crippen LogP contribution in [0.2, 0.25) is 0 Å². The summed E-state index contributed by atoms with van der Waals surface area (Å²) in [5.41, 5.74) is 0.363. The predicted octanol–water partition coefficient (Wildman–Crippen LogP) is 3.29. The fraction of sp³-hybridized carbons (Fsp3) is 0.714. The van der Waals surface area contributed by atoms with Crippen LogP contribution in [0.15, 0.2) is 12.4 Å². The molecule has 0 bridgehead atoms. The fourth-order valence-corrected chi connectivity index (χ4v) is 2.56. The van der Waals surface area contributed by atoms with Crippen molar-refractivity contribution in [3.8, 4) is 0 Å². The Morgan fingerprint density at radius 2 is 2.11 bits per heavy atom. The normalized spacial score (nSPS) is 21.8. The van der Waals surface area contributed by atoms with E-state index in [4.69, 9.17) is 0 Å². The lowest BCUT2D eigenvalue weighted by molar-refractivity contribution is 0.349. The molecular weight excluding hydrogens is 224 g/mol. The average Bonchev–Trinajstić information content (AvgIpc) is 2.67. The Hall–Kier alpha value is -1.32. The van der Waals surface area contributed by atoms with Crippen LogP contribution in [0.5, 0.6) is 0 Å². The van der Waals surface area contributed by atoms with Gasteiger partial charge in [0.2, 0.25) is 0 Å². The lowest BCUT2D eigenvalue weighted by Gasteiger charge is -2.28. The maximum atomic E-state index is 4.31. The summed E-state index contributed by atoms with van der Waals surface area (Å²) in [6, 6.07) is 2.52. The molecule has 1 fully saturated rings. The molecule has 18 heavy (non-hydrogen) atoms. The number of rotatable bonds is 5. The first-order valence-electron chi connectivity index (χ1n) is 6.94. The van der Waals surface area contributed by atoms with E-state index in [2.05, 4.69) is 41.4 Å². The van der Waals surface area contributed by atoms with Crippen LogP contribution in [0.4, 0.5) is 11.6 Å². The Balaban J connectivity index is 2.00. The van der Waals surface area contributed by atoms with Crippen molar-refractivity contribution >= 4 is 11.6 Å². The minimum Gasteiger partial charge on any atom is -0.370 e. The molecule has 1 aromatic rings. The van der Waals surface area contributed by atoms with Crippen LogP contribution in [-0.4, -0.2) is 22.6 Å². The lowest BCUT2D eigenvalue weighted by Crippen LogP contribution is -2.31. The van der Waals surface area contributed by atoms with Gasteiger partial charge in [-0.3, -0.25) is 0 Å². The summed E-state index contributed by atoms with van der Waals surface area (Å²) < 4.78 is 0. The van der Waals surface area contributed by atoms with Crippen molar-refractivity contribution in [3.63, 3.8) is 0 Å². The van der Waals surface area contributed by atoms with Gasteiger partial charge in [-0.2, -0.15) is 0 Å². The average molecular weight is 248 g/mol. The molecule has 1 aliphatic carbocycles. The molecule has 0 aromatic carbocycles. The van der Waals surface area contributed by atoms with Gasteiger partial charge in [-0.1, -0.05) is 27.2 Å². The Morgan fingerprint density at radius 3 is 2.78 bits per heavy atom. The van der Waals surface area contributed by atoms with Gasteiger partial charge in [0.15, 0.2) is 0 Å². The highest BCUT2D eigenvalue weighted by atomic mass is 15.1. The van der Waals surface area contributed by atoms with Crippen molar-refractivity contribution in [3.05, 3.63) is 12.4 Å². The van der Waals surface area contributed by atoms with E-state index in [-0.39, 0.29) is 0 Å². The summed E-state index contributed by atoms with van der Waals surface area (Å²) in [6.45, 7) is 7.75. The first-order chi connectivity index (χ1) is 8.62. The molecule has 0 aliphatic heterocycles. The number of aromatic nitrogens is 2.